The minimum Gasteiger partial charge on any atom is -0.341 e. The third-order valence-electron chi connectivity index (χ3n) is 4.90. The molecular weight excluding hydrogens is 294 g/mol. The van der Waals surface area contributed by atoms with E-state index in [1.54, 1.807) is 11.3 Å². The van der Waals surface area contributed by atoms with Gasteiger partial charge in [-0.1, -0.05) is 13.0 Å². The van der Waals surface area contributed by atoms with Gasteiger partial charge in [-0.05, 0) is 37.1 Å². The van der Waals surface area contributed by atoms with Crippen LogP contribution < -0.4 is 5.32 Å². The minimum absolute atomic E-state index is 0.0950. The average molecular weight is 321 g/mol. The SMILES string of the molecule is CC1CCCN(C(=O)C(c2cccs2)N2CCNCC2C)C1. The Bertz CT molecular complexity index is 490. The lowest BCUT2D eigenvalue weighted by molar-refractivity contribution is -0.140. The molecule has 1 N–H and O–H groups in total. The Morgan fingerprint density at radius 3 is 2.95 bits per heavy atom. The molecular formula is C17H27N3OS. The summed E-state index contributed by atoms with van der Waals surface area (Å²) < 4.78 is 0. The van der Waals surface area contributed by atoms with E-state index in [2.05, 4.69) is 46.5 Å². The summed E-state index contributed by atoms with van der Waals surface area (Å²) in [7, 11) is 0. The molecule has 0 spiro atoms. The first-order valence-electron chi connectivity index (χ1n) is 8.45. The third-order valence-corrected chi connectivity index (χ3v) is 5.82. The first-order valence-corrected chi connectivity index (χ1v) is 9.33. The van der Waals surface area contributed by atoms with Crippen molar-refractivity contribution in [3.63, 3.8) is 0 Å². The second kappa shape index (κ2) is 7.11. The van der Waals surface area contributed by atoms with Crippen molar-refractivity contribution in [2.75, 3.05) is 32.7 Å². The fourth-order valence-corrected chi connectivity index (χ4v) is 4.51. The first kappa shape index (κ1) is 16.0. The van der Waals surface area contributed by atoms with E-state index in [-0.39, 0.29) is 6.04 Å². The highest BCUT2D eigenvalue weighted by atomic mass is 32.1. The van der Waals surface area contributed by atoms with E-state index < -0.39 is 0 Å². The van der Waals surface area contributed by atoms with Crippen molar-refractivity contribution in [3.8, 4) is 0 Å². The van der Waals surface area contributed by atoms with Crippen molar-refractivity contribution in [2.45, 2.75) is 38.8 Å². The Morgan fingerprint density at radius 2 is 2.27 bits per heavy atom. The van der Waals surface area contributed by atoms with Gasteiger partial charge in [-0.25, -0.2) is 0 Å². The van der Waals surface area contributed by atoms with Crippen LogP contribution in [0, 0.1) is 5.92 Å². The number of rotatable bonds is 3. The summed E-state index contributed by atoms with van der Waals surface area (Å²) in [6.45, 7) is 9.19. The van der Waals surface area contributed by atoms with Gasteiger partial charge in [0, 0.05) is 43.6 Å². The molecule has 1 aromatic heterocycles. The molecule has 1 aromatic rings. The maximum atomic E-state index is 13.3. The molecule has 3 heterocycles. The summed E-state index contributed by atoms with van der Waals surface area (Å²) in [5.74, 6) is 0.935. The number of carbonyl (C=O) groups is 1. The van der Waals surface area contributed by atoms with Crippen LogP contribution in [0.3, 0.4) is 0 Å². The van der Waals surface area contributed by atoms with E-state index in [4.69, 9.17) is 0 Å². The number of carbonyl (C=O) groups excluding carboxylic acids is 1. The lowest BCUT2D eigenvalue weighted by atomic mass is 9.98. The van der Waals surface area contributed by atoms with Gasteiger partial charge in [0.25, 0.3) is 0 Å². The van der Waals surface area contributed by atoms with Crippen LogP contribution in [0.5, 0.6) is 0 Å². The van der Waals surface area contributed by atoms with Gasteiger partial charge in [0.15, 0.2) is 0 Å². The largest absolute Gasteiger partial charge is 0.341 e. The van der Waals surface area contributed by atoms with Crippen LogP contribution in [0.2, 0.25) is 0 Å². The van der Waals surface area contributed by atoms with Crippen molar-refractivity contribution >= 4 is 17.2 Å². The molecule has 0 aromatic carbocycles. The van der Waals surface area contributed by atoms with Crippen molar-refractivity contribution in [1.29, 1.82) is 0 Å². The molecule has 2 fully saturated rings. The minimum atomic E-state index is -0.0950. The van der Waals surface area contributed by atoms with Crippen LogP contribution in [0.25, 0.3) is 0 Å². The van der Waals surface area contributed by atoms with Gasteiger partial charge in [-0.2, -0.15) is 0 Å². The standard InChI is InChI=1S/C17H27N3OS/c1-13-5-3-8-19(12-13)17(21)16(15-6-4-10-22-15)20-9-7-18-11-14(20)2/h4,6,10,13-14,16,18H,3,5,7-9,11-12H2,1-2H3. The van der Waals surface area contributed by atoms with Crippen LogP contribution in [-0.2, 0) is 4.79 Å². The zero-order valence-corrected chi connectivity index (χ0v) is 14.4. The van der Waals surface area contributed by atoms with Gasteiger partial charge < -0.3 is 10.2 Å². The lowest BCUT2D eigenvalue weighted by Gasteiger charge is -2.42. The summed E-state index contributed by atoms with van der Waals surface area (Å²) >= 11 is 1.71. The zero-order chi connectivity index (χ0) is 15.5. The molecule has 2 saturated heterocycles. The van der Waals surface area contributed by atoms with Crippen LogP contribution in [-0.4, -0.2) is 54.5 Å². The monoisotopic (exact) mass is 321 g/mol. The molecule has 2 aliphatic rings. The molecule has 3 atom stereocenters. The molecule has 22 heavy (non-hydrogen) atoms. The average Bonchev–Trinajstić information content (AvgIpc) is 3.03. The molecule has 5 heteroatoms. The normalized spacial score (nSPS) is 28.5. The summed E-state index contributed by atoms with van der Waals surface area (Å²) in [4.78, 5) is 18.9. The Morgan fingerprint density at radius 1 is 1.41 bits per heavy atom. The highest BCUT2D eigenvalue weighted by Crippen LogP contribution is 2.31. The quantitative estimate of drug-likeness (QED) is 0.928. The van der Waals surface area contributed by atoms with Crippen molar-refractivity contribution in [2.24, 2.45) is 5.92 Å². The Balaban J connectivity index is 1.83. The van der Waals surface area contributed by atoms with Gasteiger partial charge in [0.2, 0.25) is 5.91 Å². The number of thiophene rings is 1. The molecule has 0 saturated carbocycles. The van der Waals surface area contributed by atoms with E-state index in [9.17, 15) is 4.79 Å². The highest BCUT2D eigenvalue weighted by molar-refractivity contribution is 7.10. The molecule has 3 unspecified atom stereocenters. The van der Waals surface area contributed by atoms with E-state index >= 15 is 0 Å². The molecule has 0 radical (unpaired) electrons. The first-order chi connectivity index (χ1) is 10.7. The third kappa shape index (κ3) is 3.36. The predicted molar refractivity (Wildman–Crippen MR) is 91.1 cm³/mol. The number of likely N-dealkylation sites (tertiary alicyclic amines) is 1. The van der Waals surface area contributed by atoms with Gasteiger partial charge in [-0.3, -0.25) is 9.69 Å². The van der Waals surface area contributed by atoms with E-state index in [0.717, 1.165) is 39.1 Å². The summed E-state index contributed by atoms with van der Waals surface area (Å²) in [5.41, 5.74) is 0. The summed E-state index contributed by atoms with van der Waals surface area (Å²) in [6, 6.07) is 4.48. The molecule has 1 amide bonds. The van der Waals surface area contributed by atoms with E-state index in [1.165, 1.54) is 11.3 Å². The molecule has 122 valence electrons. The van der Waals surface area contributed by atoms with Gasteiger partial charge >= 0.3 is 0 Å². The number of amides is 1. The molecule has 0 bridgehead atoms. The number of nitrogens with zero attached hydrogens (tertiary/aromatic N) is 2. The number of piperidine rings is 1. The predicted octanol–water partition coefficient (Wildman–Crippen LogP) is 2.34. The summed E-state index contributed by atoms with van der Waals surface area (Å²) in [6.07, 6.45) is 2.39. The van der Waals surface area contributed by atoms with Crippen molar-refractivity contribution in [1.82, 2.24) is 15.1 Å². The number of hydrogen-bond donors (Lipinski definition) is 1. The molecule has 3 rings (SSSR count). The summed E-state index contributed by atoms with van der Waals surface area (Å²) in [5, 5.41) is 5.51. The lowest BCUT2D eigenvalue weighted by Crippen LogP contribution is -2.55. The van der Waals surface area contributed by atoms with Gasteiger partial charge in [-0.15, -0.1) is 11.3 Å². The van der Waals surface area contributed by atoms with Gasteiger partial charge in [0.1, 0.15) is 6.04 Å². The highest BCUT2D eigenvalue weighted by Gasteiger charge is 2.36. The Hall–Kier alpha value is -0.910. The van der Waals surface area contributed by atoms with E-state index in [0.29, 0.717) is 17.9 Å². The van der Waals surface area contributed by atoms with Crippen LogP contribution in [0.4, 0.5) is 0 Å². The molecule has 2 aliphatic heterocycles. The second-order valence-corrected chi connectivity index (χ2v) is 7.72. The van der Waals surface area contributed by atoms with Crippen LogP contribution >= 0.6 is 11.3 Å². The maximum Gasteiger partial charge on any atom is 0.245 e. The number of piperazine rings is 1. The number of hydrogen-bond acceptors (Lipinski definition) is 4. The second-order valence-electron chi connectivity index (χ2n) is 6.74. The van der Waals surface area contributed by atoms with Crippen molar-refractivity contribution in [3.05, 3.63) is 22.4 Å². The Labute approximate surface area is 137 Å². The molecule has 4 nitrogen and oxygen atoms in total. The zero-order valence-electron chi connectivity index (χ0n) is 13.6. The van der Waals surface area contributed by atoms with Crippen LogP contribution in [0.1, 0.15) is 37.6 Å². The smallest absolute Gasteiger partial charge is 0.245 e. The number of nitrogens with one attached hydrogen (secondary N) is 1. The van der Waals surface area contributed by atoms with Crippen molar-refractivity contribution < 1.29 is 4.79 Å². The van der Waals surface area contributed by atoms with Gasteiger partial charge in [0.05, 0.1) is 0 Å². The van der Waals surface area contributed by atoms with Crippen LogP contribution in [0.15, 0.2) is 17.5 Å². The molecule has 0 aliphatic carbocycles. The van der Waals surface area contributed by atoms with E-state index in [1.807, 2.05) is 0 Å². The maximum absolute atomic E-state index is 13.3. The fourth-order valence-electron chi connectivity index (χ4n) is 3.68. The fraction of sp³-hybridized carbons (Fsp3) is 0.706. The Kier molecular flexibility index (Phi) is 5.16. The topological polar surface area (TPSA) is 35.6 Å².